The van der Waals surface area contributed by atoms with Crippen LogP contribution in [0, 0.1) is 10.1 Å². The van der Waals surface area contributed by atoms with E-state index in [4.69, 9.17) is 10.5 Å². The molecule has 1 atom stereocenters. The number of rotatable bonds is 4. The van der Waals surface area contributed by atoms with Crippen LogP contribution in [-0.2, 0) is 14.8 Å². The first-order valence-corrected chi connectivity index (χ1v) is 7.37. The predicted octanol–water partition coefficient (Wildman–Crippen LogP) is 0.586. The van der Waals surface area contributed by atoms with Gasteiger partial charge in [0.25, 0.3) is 5.69 Å². The molecule has 1 aliphatic rings. The maximum atomic E-state index is 12.4. The molecule has 1 unspecified atom stereocenters. The molecule has 0 radical (unpaired) electrons. The van der Waals surface area contributed by atoms with Crippen LogP contribution in [0.3, 0.4) is 0 Å². The first kappa shape index (κ1) is 14.7. The zero-order valence-corrected chi connectivity index (χ0v) is 11.7. The molecule has 1 aliphatic heterocycles. The number of anilines is 1. The fraction of sp³-hybridized carbons (Fsp3) is 0.455. The van der Waals surface area contributed by atoms with Crippen molar-refractivity contribution in [2.45, 2.75) is 17.4 Å². The van der Waals surface area contributed by atoms with Gasteiger partial charge in [-0.3, -0.25) is 10.1 Å². The van der Waals surface area contributed by atoms with E-state index in [0.29, 0.717) is 19.6 Å². The summed E-state index contributed by atoms with van der Waals surface area (Å²) in [5, 5.41) is 10.8. The molecule has 0 saturated carbocycles. The second kappa shape index (κ2) is 5.35. The first-order chi connectivity index (χ1) is 9.34. The van der Waals surface area contributed by atoms with Gasteiger partial charge in [-0.25, -0.2) is 8.42 Å². The predicted molar refractivity (Wildman–Crippen MR) is 71.7 cm³/mol. The Hall–Kier alpha value is -1.71. The van der Waals surface area contributed by atoms with Gasteiger partial charge < -0.3 is 10.5 Å². The van der Waals surface area contributed by atoms with Gasteiger partial charge in [0.05, 0.1) is 22.5 Å². The van der Waals surface area contributed by atoms with Gasteiger partial charge in [0.2, 0.25) is 10.0 Å². The fourth-order valence-electron chi connectivity index (χ4n) is 2.01. The Labute approximate surface area is 116 Å². The lowest BCUT2D eigenvalue weighted by atomic mass is 10.3. The average Bonchev–Trinajstić information content (AvgIpc) is 2.91. The Morgan fingerprint density at radius 1 is 1.50 bits per heavy atom. The number of nitrogen functional groups attached to an aromatic ring is 1. The highest BCUT2D eigenvalue weighted by atomic mass is 32.2. The molecule has 2 rings (SSSR count). The highest BCUT2D eigenvalue weighted by Gasteiger charge is 2.31. The molecule has 1 fully saturated rings. The van der Waals surface area contributed by atoms with Gasteiger partial charge in [-0.15, -0.1) is 0 Å². The summed E-state index contributed by atoms with van der Waals surface area (Å²) in [7, 11) is -2.36. The van der Waals surface area contributed by atoms with Crippen LogP contribution in [0.1, 0.15) is 6.42 Å². The van der Waals surface area contributed by atoms with Gasteiger partial charge in [0, 0.05) is 19.7 Å². The smallest absolute Gasteiger partial charge is 0.293 e. The topological polar surface area (TPSA) is 116 Å². The molecule has 0 aliphatic carbocycles. The maximum Gasteiger partial charge on any atom is 0.293 e. The second-order valence-corrected chi connectivity index (χ2v) is 6.51. The van der Waals surface area contributed by atoms with Crippen molar-refractivity contribution in [3.8, 4) is 0 Å². The number of likely N-dealkylation sites (N-methyl/N-ethyl adjacent to an activating group) is 1. The van der Waals surface area contributed by atoms with Crippen LogP contribution in [0.25, 0.3) is 0 Å². The van der Waals surface area contributed by atoms with Gasteiger partial charge >= 0.3 is 0 Å². The Bertz CT molecular complexity index is 625. The minimum absolute atomic E-state index is 0.0687. The van der Waals surface area contributed by atoms with Gasteiger partial charge in [0.15, 0.2) is 0 Å². The molecule has 8 nitrogen and oxygen atoms in total. The fourth-order valence-corrected chi connectivity index (χ4v) is 3.41. The van der Waals surface area contributed by atoms with E-state index in [9.17, 15) is 18.5 Å². The number of nitro groups is 1. The third kappa shape index (κ3) is 2.60. The number of nitrogens with two attached hydrogens (primary N) is 1. The molecule has 0 amide bonds. The molecule has 2 N–H and O–H groups in total. The number of sulfonamides is 1. The van der Waals surface area contributed by atoms with Crippen LogP contribution in [0.15, 0.2) is 23.1 Å². The molecule has 1 aromatic rings. The third-order valence-electron chi connectivity index (χ3n) is 3.30. The number of nitrogens with zero attached hydrogens (tertiary/aromatic N) is 2. The lowest BCUT2D eigenvalue weighted by Crippen LogP contribution is -2.37. The quantitative estimate of drug-likeness (QED) is 0.494. The molecule has 1 saturated heterocycles. The Morgan fingerprint density at radius 2 is 2.20 bits per heavy atom. The summed E-state index contributed by atoms with van der Waals surface area (Å²) in [5.41, 5.74) is 4.98. The molecular formula is C11H15N3O5S. The normalized spacial score (nSPS) is 19.4. The van der Waals surface area contributed by atoms with E-state index < -0.39 is 20.6 Å². The van der Waals surface area contributed by atoms with E-state index in [-0.39, 0.29) is 16.6 Å². The highest BCUT2D eigenvalue weighted by molar-refractivity contribution is 7.89. The van der Waals surface area contributed by atoms with Crippen molar-refractivity contribution in [1.82, 2.24) is 4.31 Å². The van der Waals surface area contributed by atoms with E-state index in [1.54, 1.807) is 0 Å². The number of benzene rings is 1. The summed E-state index contributed by atoms with van der Waals surface area (Å²) in [6, 6.07) is 3.22. The Balaban J connectivity index is 2.38. The van der Waals surface area contributed by atoms with Crippen molar-refractivity contribution in [2.24, 2.45) is 0 Å². The summed E-state index contributed by atoms with van der Waals surface area (Å²) >= 11 is 0. The zero-order chi connectivity index (χ0) is 14.9. The molecule has 110 valence electrons. The van der Waals surface area contributed by atoms with Crippen LogP contribution >= 0.6 is 0 Å². The van der Waals surface area contributed by atoms with Crippen molar-refractivity contribution in [3.63, 3.8) is 0 Å². The van der Waals surface area contributed by atoms with Crippen LogP contribution in [-0.4, -0.2) is 43.9 Å². The molecular weight excluding hydrogens is 286 g/mol. The first-order valence-electron chi connectivity index (χ1n) is 5.93. The number of ether oxygens (including phenoxy) is 1. The van der Waals surface area contributed by atoms with E-state index >= 15 is 0 Å². The van der Waals surface area contributed by atoms with Crippen molar-refractivity contribution < 1.29 is 18.1 Å². The molecule has 0 aromatic heterocycles. The minimum Gasteiger partial charge on any atom is -0.393 e. The monoisotopic (exact) mass is 301 g/mol. The summed E-state index contributed by atoms with van der Waals surface area (Å²) in [6.07, 6.45) is 0.604. The largest absolute Gasteiger partial charge is 0.393 e. The number of hydrogen-bond acceptors (Lipinski definition) is 6. The summed E-state index contributed by atoms with van der Waals surface area (Å²) in [4.78, 5) is 9.98. The van der Waals surface area contributed by atoms with Crippen molar-refractivity contribution in [3.05, 3.63) is 28.3 Å². The summed E-state index contributed by atoms with van der Waals surface area (Å²) in [5.74, 6) is 0. The Morgan fingerprint density at radius 3 is 2.75 bits per heavy atom. The molecule has 1 aromatic carbocycles. The van der Waals surface area contributed by atoms with Gasteiger partial charge in [-0.05, 0) is 18.6 Å². The van der Waals surface area contributed by atoms with E-state index in [2.05, 4.69) is 0 Å². The lowest BCUT2D eigenvalue weighted by Gasteiger charge is -2.22. The maximum absolute atomic E-state index is 12.4. The van der Waals surface area contributed by atoms with Gasteiger partial charge in [-0.2, -0.15) is 4.31 Å². The van der Waals surface area contributed by atoms with E-state index in [1.807, 2.05) is 0 Å². The third-order valence-corrected chi connectivity index (χ3v) is 5.20. The van der Waals surface area contributed by atoms with E-state index in [0.717, 1.165) is 6.07 Å². The molecule has 0 spiro atoms. The minimum atomic E-state index is -3.80. The van der Waals surface area contributed by atoms with Crippen molar-refractivity contribution >= 4 is 21.4 Å². The highest BCUT2D eigenvalue weighted by Crippen LogP contribution is 2.27. The van der Waals surface area contributed by atoms with Crippen LogP contribution < -0.4 is 5.73 Å². The number of hydrogen-bond donors (Lipinski definition) is 1. The zero-order valence-electron chi connectivity index (χ0n) is 10.9. The standard InChI is InChI=1S/C11H15N3O5S/c1-13(8-4-5-19-7-8)20(17,18)9-2-3-10(12)11(6-9)14(15)16/h2-3,6,8H,4-5,7,12H2,1H3. The van der Waals surface area contributed by atoms with Gasteiger partial charge in [0.1, 0.15) is 5.69 Å². The average molecular weight is 301 g/mol. The van der Waals surface area contributed by atoms with Crippen molar-refractivity contribution in [2.75, 3.05) is 26.0 Å². The Kier molecular flexibility index (Phi) is 3.93. The lowest BCUT2D eigenvalue weighted by molar-refractivity contribution is -0.384. The van der Waals surface area contributed by atoms with Crippen LogP contribution in [0.4, 0.5) is 11.4 Å². The van der Waals surface area contributed by atoms with Gasteiger partial charge in [-0.1, -0.05) is 0 Å². The SMILES string of the molecule is CN(C1CCOC1)S(=O)(=O)c1ccc(N)c([N+](=O)[O-])c1. The van der Waals surface area contributed by atoms with Crippen LogP contribution in [0.2, 0.25) is 0 Å². The summed E-state index contributed by atoms with van der Waals surface area (Å²) in [6.45, 7) is 0.833. The van der Waals surface area contributed by atoms with Crippen LogP contribution in [0.5, 0.6) is 0 Å². The van der Waals surface area contributed by atoms with E-state index in [1.165, 1.54) is 23.5 Å². The van der Waals surface area contributed by atoms with Crippen molar-refractivity contribution in [1.29, 1.82) is 0 Å². The number of nitro benzene ring substituents is 1. The molecule has 1 heterocycles. The summed E-state index contributed by atoms with van der Waals surface area (Å²) < 4.78 is 31.2. The second-order valence-electron chi connectivity index (χ2n) is 4.52. The molecule has 0 bridgehead atoms. The molecule has 20 heavy (non-hydrogen) atoms. The molecule has 9 heteroatoms.